The number of methoxy groups -OCH3 is 1. The van der Waals surface area contributed by atoms with E-state index in [0.29, 0.717) is 6.42 Å². The van der Waals surface area contributed by atoms with Gasteiger partial charge in [0.2, 0.25) is 0 Å². The van der Waals surface area contributed by atoms with E-state index in [1.54, 1.807) is 7.11 Å². The smallest absolute Gasteiger partial charge is 0.118 e. The van der Waals surface area contributed by atoms with E-state index in [9.17, 15) is 0 Å². The van der Waals surface area contributed by atoms with Gasteiger partial charge in [0.25, 0.3) is 0 Å². The highest BCUT2D eigenvalue weighted by Crippen LogP contribution is 2.29. The molecule has 1 aliphatic heterocycles. The van der Waals surface area contributed by atoms with Crippen molar-refractivity contribution < 1.29 is 14.6 Å². The summed E-state index contributed by atoms with van der Waals surface area (Å²) in [6, 6.07) is 7.94. The molecule has 0 bridgehead atoms. The Morgan fingerprint density at radius 2 is 2.12 bits per heavy atom. The van der Waals surface area contributed by atoms with Crippen LogP contribution in [0.4, 0.5) is 0 Å². The first-order chi connectivity index (χ1) is 8.33. The van der Waals surface area contributed by atoms with E-state index in [0.717, 1.165) is 17.7 Å². The third-order valence-electron chi connectivity index (χ3n) is 2.94. The molecule has 0 aliphatic carbocycles. The summed E-state index contributed by atoms with van der Waals surface area (Å²) >= 11 is 0. The summed E-state index contributed by atoms with van der Waals surface area (Å²) in [6.45, 7) is 0.157. The molecule has 0 amide bonds. The van der Waals surface area contributed by atoms with Gasteiger partial charge in [-0.25, -0.2) is 0 Å². The normalized spacial score (nSPS) is 23.6. The van der Waals surface area contributed by atoms with Gasteiger partial charge < -0.3 is 14.6 Å². The highest BCUT2D eigenvalue weighted by molar-refractivity contribution is 5.29. The van der Waals surface area contributed by atoms with Crippen LogP contribution in [0.2, 0.25) is 0 Å². The summed E-state index contributed by atoms with van der Waals surface area (Å²) in [5.74, 6) is 0.854. The monoisotopic (exact) mass is 234 g/mol. The molecule has 0 fully saturated rings. The molecule has 1 N–H and O–H groups in total. The quantitative estimate of drug-likeness (QED) is 0.813. The number of aliphatic hydroxyl groups is 1. The Balaban J connectivity index is 2.04. The number of hydrogen-bond acceptors (Lipinski definition) is 3. The fourth-order valence-corrected chi connectivity index (χ4v) is 1.99. The van der Waals surface area contributed by atoms with Crippen LogP contribution >= 0.6 is 0 Å². The minimum absolute atomic E-state index is 0.0286. The lowest BCUT2D eigenvalue weighted by Crippen LogP contribution is -2.19. The maximum absolute atomic E-state index is 8.91. The molecule has 3 nitrogen and oxygen atoms in total. The van der Waals surface area contributed by atoms with Gasteiger partial charge in [-0.3, -0.25) is 0 Å². The van der Waals surface area contributed by atoms with Crippen LogP contribution < -0.4 is 4.74 Å². The summed E-state index contributed by atoms with van der Waals surface area (Å²) < 4.78 is 11.0. The van der Waals surface area contributed by atoms with E-state index in [-0.39, 0.29) is 18.8 Å². The molecule has 0 aromatic heterocycles. The van der Waals surface area contributed by atoms with Gasteiger partial charge in [-0.2, -0.15) is 0 Å². The lowest BCUT2D eigenvalue weighted by molar-refractivity contribution is -0.00601. The first kappa shape index (κ1) is 12.1. The van der Waals surface area contributed by atoms with Crippen LogP contribution in [0.15, 0.2) is 36.4 Å². The minimum Gasteiger partial charge on any atom is -0.497 e. The molecule has 17 heavy (non-hydrogen) atoms. The largest absolute Gasteiger partial charge is 0.497 e. The predicted octanol–water partition coefficient (Wildman–Crippen LogP) is 2.46. The molecule has 0 radical (unpaired) electrons. The number of hydrogen-bond donors (Lipinski definition) is 1. The molecule has 2 rings (SSSR count). The summed E-state index contributed by atoms with van der Waals surface area (Å²) in [5.41, 5.74) is 1.15. The molecule has 92 valence electrons. The summed E-state index contributed by atoms with van der Waals surface area (Å²) in [7, 11) is 1.66. The lowest BCUT2D eigenvalue weighted by atomic mass is 10.0. The maximum Gasteiger partial charge on any atom is 0.118 e. The number of benzene rings is 1. The Morgan fingerprint density at radius 3 is 2.76 bits per heavy atom. The second kappa shape index (κ2) is 5.84. The van der Waals surface area contributed by atoms with Crippen LogP contribution in [0.5, 0.6) is 5.75 Å². The standard InChI is InChI=1S/C14H18O3/c1-16-12-7-5-11(6-8-12)14-4-2-3-13(17-14)9-10-15/h2-3,5-8,13-15H,4,9-10H2,1H3/t13-,14+/m1/s1. The van der Waals surface area contributed by atoms with Crippen LogP contribution in [-0.2, 0) is 4.74 Å². The van der Waals surface area contributed by atoms with E-state index in [4.69, 9.17) is 14.6 Å². The van der Waals surface area contributed by atoms with Gasteiger partial charge in [0.1, 0.15) is 5.75 Å². The van der Waals surface area contributed by atoms with Gasteiger partial charge in [0.05, 0.1) is 19.3 Å². The van der Waals surface area contributed by atoms with E-state index < -0.39 is 0 Å². The van der Waals surface area contributed by atoms with Crippen molar-refractivity contribution >= 4 is 0 Å². The van der Waals surface area contributed by atoms with Crippen LogP contribution in [0.25, 0.3) is 0 Å². The van der Waals surface area contributed by atoms with Crippen LogP contribution in [0.1, 0.15) is 24.5 Å². The Hall–Kier alpha value is -1.32. The fraction of sp³-hybridized carbons (Fsp3) is 0.429. The molecule has 2 atom stereocenters. The molecular formula is C14H18O3. The molecule has 1 aliphatic rings. The number of aliphatic hydroxyl groups excluding tert-OH is 1. The topological polar surface area (TPSA) is 38.7 Å². The average molecular weight is 234 g/mol. The van der Waals surface area contributed by atoms with E-state index in [1.807, 2.05) is 30.3 Å². The summed E-state index contributed by atoms with van der Waals surface area (Å²) in [4.78, 5) is 0. The van der Waals surface area contributed by atoms with Crippen molar-refractivity contribution in [1.82, 2.24) is 0 Å². The van der Waals surface area contributed by atoms with Crippen LogP contribution in [0, 0.1) is 0 Å². The van der Waals surface area contributed by atoms with Crippen molar-refractivity contribution in [3.05, 3.63) is 42.0 Å². The molecule has 3 heteroatoms. The molecule has 0 unspecified atom stereocenters. The Labute approximate surface area is 102 Å². The van der Waals surface area contributed by atoms with Gasteiger partial charge in [0.15, 0.2) is 0 Å². The predicted molar refractivity (Wildman–Crippen MR) is 66.1 cm³/mol. The summed E-state index contributed by atoms with van der Waals surface area (Å²) in [5, 5.41) is 8.91. The molecule has 0 saturated heterocycles. The Kier molecular flexibility index (Phi) is 4.18. The highest BCUT2D eigenvalue weighted by atomic mass is 16.5. The van der Waals surface area contributed by atoms with Crippen molar-refractivity contribution in [3.8, 4) is 5.75 Å². The SMILES string of the molecule is COc1ccc([C@@H]2CC=C[C@H](CCO)O2)cc1. The summed E-state index contributed by atoms with van der Waals surface area (Å²) in [6.07, 6.45) is 5.80. The van der Waals surface area contributed by atoms with Crippen molar-refractivity contribution in [1.29, 1.82) is 0 Å². The fourth-order valence-electron chi connectivity index (χ4n) is 1.99. The lowest BCUT2D eigenvalue weighted by Gasteiger charge is -2.26. The molecule has 1 aromatic carbocycles. The van der Waals surface area contributed by atoms with Gasteiger partial charge in [-0.15, -0.1) is 0 Å². The Bertz CT molecular complexity index is 370. The van der Waals surface area contributed by atoms with Gasteiger partial charge in [0, 0.05) is 13.0 Å². The molecule has 1 heterocycles. The van der Waals surface area contributed by atoms with Gasteiger partial charge >= 0.3 is 0 Å². The number of rotatable bonds is 4. The number of ether oxygens (including phenoxy) is 2. The van der Waals surface area contributed by atoms with Crippen molar-refractivity contribution in [2.24, 2.45) is 0 Å². The third kappa shape index (κ3) is 3.08. The van der Waals surface area contributed by atoms with Crippen molar-refractivity contribution in [2.45, 2.75) is 25.0 Å². The van der Waals surface area contributed by atoms with Crippen molar-refractivity contribution in [2.75, 3.05) is 13.7 Å². The zero-order valence-electron chi connectivity index (χ0n) is 10.0. The average Bonchev–Trinajstić information content (AvgIpc) is 2.40. The van der Waals surface area contributed by atoms with Crippen molar-refractivity contribution in [3.63, 3.8) is 0 Å². The molecule has 1 aromatic rings. The first-order valence-electron chi connectivity index (χ1n) is 5.90. The van der Waals surface area contributed by atoms with Gasteiger partial charge in [-0.05, 0) is 24.1 Å². The van der Waals surface area contributed by atoms with Crippen LogP contribution in [0.3, 0.4) is 0 Å². The second-order valence-electron chi connectivity index (χ2n) is 4.11. The zero-order chi connectivity index (χ0) is 12.1. The molecular weight excluding hydrogens is 216 g/mol. The second-order valence-corrected chi connectivity index (χ2v) is 4.11. The Morgan fingerprint density at radius 1 is 1.35 bits per heavy atom. The van der Waals surface area contributed by atoms with E-state index >= 15 is 0 Å². The highest BCUT2D eigenvalue weighted by Gasteiger charge is 2.19. The molecule has 0 spiro atoms. The third-order valence-corrected chi connectivity index (χ3v) is 2.94. The minimum atomic E-state index is 0.0286. The van der Waals surface area contributed by atoms with E-state index in [2.05, 4.69) is 6.08 Å². The maximum atomic E-state index is 8.91. The van der Waals surface area contributed by atoms with Gasteiger partial charge in [-0.1, -0.05) is 24.3 Å². The first-order valence-corrected chi connectivity index (χ1v) is 5.90. The van der Waals surface area contributed by atoms with Crippen LogP contribution in [-0.4, -0.2) is 24.9 Å². The zero-order valence-corrected chi connectivity index (χ0v) is 10.0. The van der Waals surface area contributed by atoms with E-state index in [1.165, 1.54) is 0 Å². The molecule has 0 saturated carbocycles.